The molecule has 2 amide bonds. The number of amides is 2. The fraction of sp³-hybridized carbons (Fsp3) is 0.250. The summed E-state index contributed by atoms with van der Waals surface area (Å²) in [5.41, 5.74) is 3.65. The molecule has 2 rings (SSSR count). The summed E-state index contributed by atoms with van der Waals surface area (Å²) >= 11 is 3.21. The number of halogens is 1. The summed E-state index contributed by atoms with van der Waals surface area (Å²) in [6.07, 6.45) is 1.43. The Labute approximate surface area is 171 Å². The summed E-state index contributed by atoms with van der Waals surface area (Å²) in [5.74, 6) is -1.28. The zero-order valence-electron chi connectivity index (χ0n) is 15.8. The van der Waals surface area contributed by atoms with Gasteiger partial charge in [-0.25, -0.2) is 5.43 Å². The lowest BCUT2D eigenvalue weighted by Crippen LogP contribution is -2.39. The largest absolute Gasteiger partial charge is 0.507 e. The Morgan fingerprint density at radius 3 is 2.39 bits per heavy atom. The molecule has 0 saturated carbocycles. The second-order valence-corrected chi connectivity index (χ2v) is 7.24. The van der Waals surface area contributed by atoms with E-state index in [1.54, 1.807) is 57.4 Å². The topological polar surface area (TPSA) is 100 Å². The van der Waals surface area contributed by atoms with E-state index < -0.39 is 17.7 Å². The standard InChI is InChI=1S/C20H22BrN3O4/c1-12(2)18(19(26)23-14-5-7-15(28-3)8-6-14)20(27)24-22-11-13-4-9-17(25)16(21)10-13/h4-12,18,25H,1-3H3,(H,23,26)(H,24,27)/b22-11+. The molecular formula is C20H22BrN3O4. The third-order valence-corrected chi connectivity index (χ3v) is 4.58. The maximum atomic E-state index is 12.6. The SMILES string of the molecule is COc1ccc(NC(=O)C(C(=O)N/N=C/c2ccc(O)c(Br)c2)C(C)C)cc1. The van der Waals surface area contributed by atoms with Crippen LogP contribution in [0.2, 0.25) is 0 Å². The first kappa shape index (κ1) is 21.4. The van der Waals surface area contributed by atoms with E-state index in [4.69, 9.17) is 4.74 Å². The van der Waals surface area contributed by atoms with Crippen molar-refractivity contribution in [3.63, 3.8) is 0 Å². The second kappa shape index (κ2) is 9.89. The molecule has 0 radical (unpaired) electrons. The number of rotatable bonds is 7. The lowest BCUT2D eigenvalue weighted by atomic mass is 9.94. The minimum Gasteiger partial charge on any atom is -0.507 e. The van der Waals surface area contributed by atoms with Gasteiger partial charge in [-0.3, -0.25) is 9.59 Å². The summed E-state index contributed by atoms with van der Waals surface area (Å²) < 4.78 is 5.60. The highest BCUT2D eigenvalue weighted by atomic mass is 79.9. The van der Waals surface area contributed by atoms with Crippen molar-refractivity contribution < 1.29 is 19.4 Å². The Bertz CT molecular complexity index is 866. The number of methoxy groups -OCH3 is 1. The zero-order valence-corrected chi connectivity index (χ0v) is 17.4. The van der Waals surface area contributed by atoms with Gasteiger partial charge in [0.25, 0.3) is 5.91 Å². The number of hydrazone groups is 1. The van der Waals surface area contributed by atoms with E-state index in [1.165, 1.54) is 12.3 Å². The van der Waals surface area contributed by atoms with Crippen molar-refractivity contribution in [3.05, 3.63) is 52.5 Å². The molecule has 8 heteroatoms. The lowest BCUT2D eigenvalue weighted by molar-refractivity contribution is -0.134. The van der Waals surface area contributed by atoms with Crippen molar-refractivity contribution in [2.24, 2.45) is 16.9 Å². The van der Waals surface area contributed by atoms with Crippen LogP contribution in [0.5, 0.6) is 11.5 Å². The van der Waals surface area contributed by atoms with Crippen LogP contribution in [-0.4, -0.2) is 30.2 Å². The van der Waals surface area contributed by atoms with Gasteiger partial charge in [0.05, 0.1) is 17.8 Å². The average Bonchev–Trinajstić information content (AvgIpc) is 2.65. The van der Waals surface area contributed by atoms with Gasteiger partial charge in [0, 0.05) is 5.69 Å². The monoisotopic (exact) mass is 447 g/mol. The quantitative estimate of drug-likeness (QED) is 0.343. The molecule has 1 atom stereocenters. The van der Waals surface area contributed by atoms with Crippen molar-refractivity contribution in [3.8, 4) is 11.5 Å². The number of carbonyl (C=O) groups is 2. The molecule has 0 heterocycles. The first-order chi connectivity index (χ1) is 13.3. The third-order valence-electron chi connectivity index (χ3n) is 3.95. The van der Waals surface area contributed by atoms with Crippen LogP contribution in [0, 0.1) is 11.8 Å². The van der Waals surface area contributed by atoms with Crippen LogP contribution < -0.4 is 15.5 Å². The van der Waals surface area contributed by atoms with Gasteiger partial charge in [-0.1, -0.05) is 13.8 Å². The predicted molar refractivity (Wildman–Crippen MR) is 111 cm³/mol. The van der Waals surface area contributed by atoms with Crippen molar-refractivity contribution in [2.75, 3.05) is 12.4 Å². The Hall–Kier alpha value is -2.87. The first-order valence-electron chi connectivity index (χ1n) is 8.58. The number of hydrogen-bond donors (Lipinski definition) is 3. The molecular weight excluding hydrogens is 426 g/mol. The van der Waals surface area contributed by atoms with Crippen LogP contribution in [0.1, 0.15) is 19.4 Å². The maximum Gasteiger partial charge on any atom is 0.252 e. The molecule has 0 aliphatic carbocycles. The molecule has 7 nitrogen and oxygen atoms in total. The molecule has 0 aliphatic heterocycles. The molecule has 28 heavy (non-hydrogen) atoms. The Kier molecular flexibility index (Phi) is 7.57. The molecule has 1 unspecified atom stereocenters. The second-order valence-electron chi connectivity index (χ2n) is 6.38. The number of nitrogens with zero attached hydrogens (tertiary/aromatic N) is 1. The summed E-state index contributed by atoms with van der Waals surface area (Å²) in [6.45, 7) is 3.58. The number of carbonyl (C=O) groups excluding carboxylic acids is 2. The summed E-state index contributed by atoms with van der Waals surface area (Å²) in [4.78, 5) is 25.0. The van der Waals surface area contributed by atoms with E-state index >= 15 is 0 Å². The van der Waals surface area contributed by atoms with Gasteiger partial charge in [-0.15, -0.1) is 0 Å². The Balaban J connectivity index is 2.02. The van der Waals surface area contributed by atoms with Gasteiger partial charge in [0.2, 0.25) is 5.91 Å². The molecule has 0 bridgehead atoms. The number of benzene rings is 2. The molecule has 0 spiro atoms. The number of nitrogens with one attached hydrogen (secondary N) is 2. The van der Waals surface area contributed by atoms with E-state index in [0.29, 0.717) is 21.5 Å². The maximum absolute atomic E-state index is 12.6. The van der Waals surface area contributed by atoms with Crippen LogP contribution in [0.15, 0.2) is 52.0 Å². The van der Waals surface area contributed by atoms with Crippen LogP contribution in [0.25, 0.3) is 0 Å². The smallest absolute Gasteiger partial charge is 0.252 e. The highest BCUT2D eigenvalue weighted by Crippen LogP contribution is 2.23. The van der Waals surface area contributed by atoms with Crippen LogP contribution in [-0.2, 0) is 9.59 Å². The Morgan fingerprint density at radius 2 is 1.82 bits per heavy atom. The molecule has 0 saturated heterocycles. The molecule has 0 aliphatic rings. The van der Waals surface area contributed by atoms with Crippen LogP contribution in [0.4, 0.5) is 5.69 Å². The summed E-state index contributed by atoms with van der Waals surface area (Å²) in [6, 6.07) is 11.7. The normalized spacial score (nSPS) is 12.0. The number of ether oxygens (including phenoxy) is 1. The number of aromatic hydroxyl groups is 1. The molecule has 2 aromatic carbocycles. The molecule has 0 aromatic heterocycles. The molecule has 0 fully saturated rings. The zero-order chi connectivity index (χ0) is 20.7. The lowest BCUT2D eigenvalue weighted by Gasteiger charge is -2.18. The number of phenols is 1. The molecule has 148 valence electrons. The van der Waals surface area contributed by atoms with Crippen LogP contribution >= 0.6 is 15.9 Å². The minimum absolute atomic E-state index is 0.108. The fourth-order valence-electron chi connectivity index (χ4n) is 2.46. The average molecular weight is 448 g/mol. The van der Waals surface area contributed by atoms with Crippen molar-refractivity contribution >= 4 is 39.6 Å². The van der Waals surface area contributed by atoms with Gasteiger partial charge < -0.3 is 15.2 Å². The fourth-order valence-corrected chi connectivity index (χ4v) is 2.86. The van der Waals surface area contributed by atoms with Gasteiger partial charge in [-0.05, 0) is 69.9 Å². The third kappa shape index (κ3) is 5.82. The van der Waals surface area contributed by atoms with Crippen LogP contribution in [0.3, 0.4) is 0 Å². The number of anilines is 1. The van der Waals surface area contributed by atoms with Gasteiger partial charge in [0.1, 0.15) is 17.4 Å². The number of hydrogen-bond acceptors (Lipinski definition) is 5. The van der Waals surface area contributed by atoms with Crippen molar-refractivity contribution in [1.82, 2.24) is 5.43 Å². The van der Waals surface area contributed by atoms with Crippen molar-refractivity contribution in [1.29, 1.82) is 0 Å². The van der Waals surface area contributed by atoms with E-state index in [9.17, 15) is 14.7 Å². The Morgan fingerprint density at radius 1 is 1.14 bits per heavy atom. The minimum atomic E-state index is -0.911. The molecule has 2 aromatic rings. The summed E-state index contributed by atoms with van der Waals surface area (Å²) in [7, 11) is 1.56. The summed E-state index contributed by atoms with van der Waals surface area (Å²) in [5, 5.41) is 16.1. The van der Waals surface area contributed by atoms with Gasteiger partial charge in [0.15, 0.2) is 0 Å². The first-order valence-corrected chi connectivity index (χ1v) is 9.37. The molecule has 3 N–H and O–H groups in total. The highest BCUT2D eigenvalue weighted by Gasteiger charge is 2.29. The predicted octanol–water partition coefficient (Wildman–Crippen LogP) is 3.52. The van der Waals surface area contributed by atoms with E-state index in [-0.39, 0.29) is 11.7 Å². The van der Waals surface area contributed by atoms with E-state index in [0.717, 1.165) is 0 Å². The van der Waals surface area contributed by atoms with Crippen molar-refractivity contribution in [2.45, 2.75) is 13.8 Å². The highest BCUT2D eigenvalue weighted by molar-refractivity contribution is 9.10. The van der Waals surface area contributed by atoms with E-state index in [2.05, 4.69) is 31.8 Å². The van der Waals surface area contributed by atoms with E-state index in [1.807, 2.05) is 0 Å². The van der Waals surface area contributed by atoms with Gasteiger partial charge in [-0.2, -0.15) is 5.10 Å². The number of phenolic OH excluding ortho intramolecular Hbond substituents is 1. The van der Waals surface area contributed by atoms with Gasteiger partial charge >= 0.3 is 0 Å².